The number of aromatic amines is 1. The molecule has 5 rings (SSSR count). The van der Waals surface area contributed by atoms with Gasteiger partial charge < -0.3 is 26.3 Å². The molecule has 1 spiro atoms. The van der Waals surface area contributed by atoms with Crippen LogP contribution < -0.4 is 21.9 Å². The van der Waals surface area contributed by atoms with E-state index in [1.54, 1.807) is 19.1 Å². The summed E-state index contributed by atoms with van der Waals surface area (Å²) in [6.07, 6.45) is 7.51. The first-order valence-electron chi connectivity index (χ1n) is 12.4. The molecule has 1 aromatic heterocycles. The van der Waals surface area contributed by atoms with Crippen molar-refractivity contribution in [2.24, 2.45) is 5.41 Å². The molecule has 8 nitrogen and oxygen atoms in total. The van der Waals surface area contributed by atoms with Gasteiger partial charge in [-0.15, -0.1) is 0 Å². The van der Waals surface area contributed by atoms with Gasteiger partial charge >= 0.3 is 0 Å². The molecular weight excluding hydrogens is 510 g/mol. The Morgan fingerprint density at radius 2 is 1.89 bits per heavy atom. The van der Waals surface area contributed by atoms with Gasteiger partial charge in [0.05, 0.1) is 23.0 Å². The maximum absolute atomic E-state index is 13.3. The molecule has 1 aliphatic heterocycles. The molecule has 0 radical (unpaired) electrons. The number of nitrogens with one attached hydrogen (secondary N) is 3. The van der Waals surface area contributed by atoms with Crippen molar-refractivity contribution in [3.05, 3.63) is 55.9 Å². The van der Waals surface area contributed by atoms with E-state index in [4.69, 9.17) is 5.73 Å². The number of aromatic nitrogens is 1. The molecule has 2 aliphatic carbocycles. The fraction of sp³-hybridized carbons (Fsp3) is 0.500. The van der Waals surface area contributed by atoms with Crippen molar-refractivity contribution in [2.75, 3.05) is 24.1 Å². The van der Waals surface area contributed by atoms with Gasteiger partial charge in [0.15, 0.2) is 0 Å². The molecule has 2 amide bonds. The lowest BCUT2D eigenvalue weighted by atomic mass is 9.95. The number of H-pyrrole nitrogens is 1. The summed E-state index contributed by atoms with van der Waals surface area (Å²) in [5.41, 5.74) is 8.80. The Balaban J connectivity index is 1.37. The number of carbonyl (C=O) groups excluding carboxylic acids is 2. The number of amides is 2. The van der Waals surface area contributed by atoms with Crippen LogP contribution in [0, 0.1) is 12.3 Å². The van der Waals surface area contributed by atoms with Gasteiger partial charge in [-0.05, 0) is 50.8 Å². The molecule has 0 bridgehead atoms. The zero-order chi connectivity index (χ0) is 24.7. The van der Waals surface area contributed by atoms with Crippen LogP contribution in [0.4, 0.5) is 11.4 Å². The van der Waals surface area contributed by atoms with E-state index < -0.39 is 0 Å². The van der Waals surface area contributed by atoms with Crippen molar-refractivity contribution in [3.8, 4) is 0 Å². The van der Waals surface area contributed by atoms with Gasteiger partial charge in [-0.1, -0.05) is 35.2 Å². The molecule has 1 aromatic carbocycles. The molecule has 3 aliphatic rings. The van der Waals surface area contributed by atoms with Crippen molar-refractivity contribution in [2.45, 2.75) is 64.0 Å². The highest BCUT2D eigenvalue weighted by atomic mass is 79.9. The number of nitrogen functional groups attached to an aromatic ring is 1. The van der Waals surface area contributed by atoms with Gasteiger partial charge in [-0.3, -0.25) is 14.4 Å². The first kappa shape index (κ1) is 23.9. The maximum Gasteiger partial charge on any atom is 0.254 e. The van der Waals surface area contributed by atoms with E-state index in [2.05, 4.69) is 31.5 Å². The molecule has 2 aromatic rings. The zero-order valence-corrected chi connectivity index (χ0v) is 21.5. The summed E-state index contributed by atoms with van der Waals surface area (Å²) in [6.45, 7) is 2.88. The predicted molar refractivity (Wildman–Crippen MR) is 140 cm³/mol. The minimum absolute atomic E-state index is 0.0285. The van der Waals surface area contributed by atoms with E-state index >= 15 is 0 Å². The van der Waals surface area contributed by atoms with Gasteiger partial charge in [0.1, 0.15) is 0 Å². The zero-order valence-electron chi connectivity index (χ0n) is 20.0. The first-order valence-corrected chi connectivity index (χ1v) is 13.2. The quantitative estimate of drug-likeness (QED) is 0.429. The lowest BCUT2D eigenvalue weighted by Crippen LogP contribution is -2.37. The fourth-order valence-corrected chi connectivity index (χ4v) is 6.11. The number of nitrogens with two attached hydrogens (primary N) is 1. The fourth-order valence-electron chi connectivity index (χ4n) is 5.63. The van der Waals surface area contributed by atoms with Gasteiger partial charge in [-0.2, -0.15) is 0 Å². The number of rotatable bonds is 5. The van der Waals surface area contributed by atoms with Gasteiger partial charge in [0.2, 0.25) is 5.56 Å². The van der Waals surface area contributed by atoms with Crippen LogP contribution in [0.15, 0.2) is 33.5 Å². The number of hydrogen-bond acceptors (Lipinski definition) is 5. The van der Waals surface area contributed by atoms with E-state index in [0.29, 0.717) is 41.3 Å². The van der Waals surface area contributed by atoms with Crippen LogP contribution in [-0.4, -0.2) is 46.9 Å². The topological polar surface area (TPSA) is 120 Å². The molecular formula is C26H32BrN5O3. The Labute approximate surface area is 213 Å². The number of halogens is 1. The van der Waals surface area contributed by atoms with E-state index in [1.807, 2.05) is 11.0 Å². The second-order valence-corrected chi connectivity index (χ2v) is 11.3. The summed E-state index contributed by atoms with van der Waals surface area (Å²) in [5.74, 6) is -0.268. The lowest BCUT2D eigenvalue weighted by molar-refractivity contribution is 0.0783. The van der Waals surface area contributed by atoms with Crippen LogP contribution in [0.5, 0.6) is 0 Å². The number of pyridine rings is 1. The number of likely N-dealkylation sites (tertiary alicyclic amines) is 1. The van der Waals surface area contributed by atoms with Crippen LogP contribution in [0.2, 0.25) is 0 Å². The van der Waals surface area contributed by atoms with Crippen LogP contribution in [-0.2, 0) is 0 Å². The van der Waals surface area contributed by atoms with Gasteiger partial charge in [-0.25, -0.2) is 0 Å². The molecule has 9 heteroatoms. The van der Waals surface area contributed by atoms with E-state index in [9.17, 15) is 14.4 Å². The number of aryl methyl sites for hydroxylation is 1. The standard InChI is InChI=1S/C26H32BrN5O3/c1-15-9-16(10-22(33)29-15)25(35)32-13-21(26(14-32)7-8-26)31-23-19(11-17(27)12-20(23)28)24(34)30-18-5-3-2-4-6-18/h9-12,18,21,31H,2-8,13-14,28H2,1H3,(H,29,33)(H,30,34)/t21-/m0/s1. The molecule has 5 N–H and O–H groups in total. The average Bonchev–Trinajstić information content (AvgIpc) is 3.50. The molecule has 0 unspecified atom stereocenters. The highest BCUT2D eigenvalue weighted by Gasteiger charge is 2.56. The smallest absolute Gasteiger partial charge is 0.254 e. The Morgan fingerprint density at radius 1 is 1.14 bits per heavy atom. The summed E-state index contributed by atoms with van der Waals surface area (Å²) in [6, 6.07) is 6.85. The highest BCUT2D eigenvalue weighted by molar-refractivity contribution is 9.10. The van der Waals surface area contributed by atoms with E-state index in [-0.39, 0.29) is 34.9 Å². The van der Waals surface area contributed by atoms with Crippen molar-refractivity contribution in [1.82, 2.24) is 15.2 Å². The van der Waals surface area contributed by atoms with Crippen LogP contribution in [0.25, 0.3) is 0 Å². The summed E-state index contributed by atoms with van der Waals surface area (Å²) in [5, 5.41) is 6.76. The molecule has 3 fully saturated rings. The minimum Gasteiger partial charge on any atom is -0.397 e. The molecule has 1 atom stereocenters. The van der Waals surface area contributed by atoms with Crippen LogP contribution >= 0.6 is 15.9 Å². The highest BCUT2D eigenvalue weighted by Crippen LogP contribution is 2.54. The molecule has 186 valence electrons. The number of nitrogens with zero attached hydrogens (tertiary/aromatic N) is 1. The second kappa shape index (κ2) is 9.33. The van der Waals surface area contributed by atoms with E-state index in [1.165, 1.54) is 12.5 Å². The Bertz CT molecular complexity index is 1220. The predicted octanol–water partition coefficient (Wildman–Crippen LogP) is 3.81. The minimum atomic E-state index is -0.278. The second-order valence-electron chi connectivity index (χ2n) is 10.4. The van der Waals surface area contributed by atoms with Crippen molar-refractivity contribution in [3.63, 3.8) is 0 Å². The summed E-state index contributed by atoms with van der Waals surface area (Å²) < 4.78 is 0.753. The SMILES string of the molecule is Cc1cc(C(=O)N2C[C@H](Nc3c(N)cc(Br)cc3C(=O)NC3CCCCC3)C3(CC3)C2)cc(=O)[nH]1. The van der Waals surface area contributed by atoms with Gasteiger partial charge in [0, 0.05) is 46.3 Å². The van der Waals surface area contributed by atoms with Crippen molar-refractivity contribution >= 4 is 39.1 Å². The average molecular weight is 542 g/mol. The Hall–Kier alpha value is -2.81. The lowest BCUT2D eigenvalue weighted by Gasteiger charge is -2.26. The number of carbonyl (C=O) groups is 2. The van der Waals surface area contributed by atoms with E-state index in [0.717, 1.165) is 43.0 Å². The molecule has 2 saturated carbocycles. The molecule has 1 saturated heterocycles. The normalized spacial score (nSPS) is 21.2. The molecule has 2 heterocycles. The first-order chi connectivity index (χ1) is 16.7. The monoisotopic (exact) mass is 541 g/mol. The number of anilines is 2. The van der Waals surface area contributed by atoms with Gasteiger partial charge in [0.25, 0.3) is 11.8 Å². The van der Waals surface area contributed by atoms with Crippen molar-refractivity contribution in [1.29, 1.82) is 0 Å². The Kier molecular flexibility index (Phi) is 6.38. The molecule has 35 heavy (non-hydrogen) atoms. The summed E-state index contributed by atoms with van der Waals surface area (Å²) >= 11 is 3.49. The van der Waals surface area contributed by atoms with Crippen LogP contribution in [0.3, 0.4) is 0 Å². The maximum atomic E-state index is 13.3. The van der Waals surface area contributed by atoms with Crippen LogP contribution in [0.1, 0.15) is 71.4 Å². The third-order valence-corrected chi connectivity index (χ3v) is 8.15. The largest absolute Gasteiger partial charge is 0.397 e. The summed E-state index contributed by atoms with van der Waals surface area (Å²) in [7, 11) is 0. The Morgan fingerprint density at radius 3 is 2.57 bits per heavy atom. The number of benzene rings is 1. The third kappa shape index (κ3) is 4.96. The third-order valence-electron chi connectivity index (χ3n) is 7.69. The summed E-state index contributed by atoms with van der Waals surface area (Å²) in [4.78, 5) is 42.9. The van der Waals surface area contributed by atoms with Crippen molar-refractivity contribution < 1.29 is 9.59 Å². The number of hydrogen-bond donors (Lipinski definition) is 4.